The fraction of sp³-hybridized carbons (Fsp3) is 0.188. The molecule has 0 aliphatic rings. The molecule has 0 fully saturated rings. The van der Waals surface area contributed by atoms with E-state index in [9.17, 15) is 26.4 Å². The lowest BCUT2D eigenvalue weighted by Gasteiger charge is -2.12. The van der Waals surface area contributed by atoms with Gasteiger partial charge in [0.25, 0.3) is 15.9 Å². The molecule has 0 aromatic heterocycles. The average Bonchev–Trinajstić information content (AvgIpc) is 2.59. The number of carbonyl (C=O) groups excluding carboxylic acids is 1. The van der Waals surface area contributed by atoms with Crippen molar-refractivity contribution in [1.82, 2.24) is 5.32 Å². The number of rotatable bonds is 5. The van der Waals surface area contributed by atoms with E-state index in [4.69, 9.17) is 4.74 Å². The van der Waals surface area contributed by atoms with Gasteiger partial charge in [0.1, 0.15) is 5.75 Å². The van der Waals surface area contributed by atoms with Gasteiger partial charge in [-0.1, -0.05) is 0 Å². The fourth-order valence-corrected chi connectivity index (χ4v) is 3.19. The number of methoxy groups -OCH3 is 1. The summed E-state index contributed by atoms with van der Waals surface area (Å²) in [5, 5.41) is 2.36. The van der Waals surface area contributed by atoms with E-state index in [2.05, 4.69) is 10.0 Å². The minimum Gasteiger partial charge on any atom is -0.496 e. The Bertz CT molecular complexity index is 910. The summed E-state index contributed by atoms with van der Waals surface area (Å²) in [6.07, 6.45) is -4.52. The Morgan fingerprint density at radius 1 is 1.08 bits per heavy atom. The molecular weight excluding hydrogens is 373 g/mol. The molecule has 0 aliphatic carbocycles. The first kappa shape index (κ1) is 19.6. The van der Waals surface area contributed by atoms with Crippen LogP contribution in [-0.2, 0) is 16.2 Å². The number of benzene rings is 2. The Morgan fingerprint density at radius 3 is 2.19 bits per heavy atom. The number of nitrogens with one attached hydrogen (secondary N) is 2. The van der Waals surface area contributed by atoms with E-state index in [1.54, 1.807) is 0 Å². The zero-order valence-electron chi connectivity index (χ0n) is 13.7. The summed E-state index contributed by atoms with van der Waals surface area (Å²) in [5.74, 6) is -0.369. The number of hydrogen-bond acceptors (Lipinski definition) is 4. The normalized spacial score (nSPS) is 11.7. The molecule has 10 heteroatoms. The molecule has 0 bridgehead atoms. The van der Waals surface area contributed by atoms with Gasteiger partial charge >= 0.3 is 6.18 Å². The van der Waals surface area contributed by atoms with E-state index in [1.807, 2.05) is 0 Å². The van der Waals surface area contributed by atoms with Gasteiger partial charge < -0.3 is 10.1 Å². The lowest BCUT2D eigenvalue weighted by atomic mass is 10.2. The fourth-order valence-electron chi connectivity index (χ4n) is 2.11. The third-order valence-corrected chi connectivity index (χ3v) is 4.80. The molecule has 1 amide bonds. The van der Waals surface area contributed by atoms with Crippen LogP contribution in [0, 0.1) is 0 Å². The van der Waals surface area contributed by atoms with Crippen molar-refractivity contribution in [2.24, 2.45) is 0 Å². The zero-order valence-corrected chi connectivity index (χ0v) is 14.5. The van der Waals surface area contributed by atoms with Crippen LogP contribution in [0.5, 0.6) is 5.75 Å². The molecule has 0 atom stereocenters. The maximum Gasteiger partial charge on any atom is 0.416 e. The number of carbonyl (C=O) groups is 1. The van der Waals surface area contributed by atoms with E-state index < -0.39 is 27.7 Å². The third kappa shape index (κ3) is 4.26. The van der Waals surface area contributed by atoms with Crippen LogP contribution in [0.15, 0.2) is 47.4 Å². The number of halogens is 3. The SMILES string of the molecule is CNC(=O)c1cc(S(=O)(=O)Nc2ccc(C(F)(F)F)cc2)ccc1OC. The van der Waals surface area contributed by atoms with Gasteiger partial charge in [0, 0.05) is 12.7 Å². The number of amides is 1. The van der Waals surface area contributed by atoms with Gasteiger partial charge in [-0.3, -0.25) is 9.52 Å². The van der Waals surface area contributed by atoms with Crippen LogP contribution < -0.4 is 14.8 Å². The number of sulfonamides is 1. The molecular formula is C16H15F3N2O4S. The van der Waals surface area contributed by atoms with Crippen LogP contribution in [0.4, 0.5) is 18.9 Å². The molecule has 2 N–H and O–H groups in total. The number of anilines is 1. The Hall–Kier alpha value is -2.75. The summed E-state index contributed by atoms with van der Waals surface area (Å²) in [7, 11) is -1.41. The van der Waals surface area contributed by atoms with Crippen molar-refractivity contribution in [3.63, 3.8) is 0 Å². The average molecular weight is 388 g/mol. The van der Waals surface area contributed by atoms with Gasteiger partial charge in [0.15, 0.2) is 0 Å². The highest BCUT2D eigenvalue weighted by Gasteiger charge is 2.30. The summed E-state index contributed by atoms with van der Waals surface area (Å²) < 4.78 is 69.7. The number of ether oxygens (including phenoxy) is 1. The number of hydrogen-bond donors (Lipinski definition) is 2. The predicted octanol–water partition coefficient (Wildman–Crippen LogP) is 2.87. The molecule has 0 aliphatic heterocycles. The second-order valence-corrected chi connectivity index (χ2v) is 6.80. The molecule has 26 heavy (non-hydrogen) atoms. The first-order valence-corrected chi connectivity index (χ1v) is 8.67. The second-order valence-electron chi connectivity index (χ2n) is 5.12. The van der Waals surface area contributed by atoms with Crippen LogP contribution in [-0.4, -0.2) is 28.5 Å². The Balaban J connectivity index is 2.34. The molecule has 0 unspecified atom stereocenters. The summed E-state index contributed by atoms with van der Waals surface area (Å²) in [6, 6.07) is 7.18. The molecule has 2 aromatic rings. The lowest BCUT2D eigenvalue weighted by molar-refractivity contribution is -0.137. The van der Waals surface area contributed by atoms with Crippen LogP contribution in [0.1, 0.15) is 15.9 Å². The standard InChI is InChI=1S/C16H15F3N2O4S/c1-20-15(22)13-9-12(7-8-14(13)25-2)26(23,24)21-11-5-3-10(4-6-11)16(17,18)19/h3-9,21H,1-2H3,(H,20,22). The van der Waals surface area contributed by atoms with Gasteiger partial charge in [-0.15, -0.1) is 0 Å². The molecule has 6 nitrogen and oxygen atoms in total. The van der Waals surface area contributed by atoms with E-state index in [0.717, 1.165) is 30.3 Å². The third-order valence-electron chi connectivity index (χ3n) is 3.42. The molecule has 0 saturated carbocycles. The number of alkyl halides is 3. The molecule has 0 radical (unpaired) electrons. The van der Waals surface area contributed by atoms with E-state index in [0.29, 0.717) is 0 Å². The first-order chi connectivity index (χ1) is 12.1. The summed E-state index contributed by atoms with van der Waals surface area (Å²) in [6.45, 7) is 0. The molecule has 0 saturated heterocycles. The highest BCUT2D eigenvalue weighted by atomic mass is 32.2. The van der Waals surface area contributed by atoms with E-state index in [1.165, 1.54) is 26.3 Å². The minimum atomic E-state index is -4.52. The molecule has 140 valence electrons. The molecule has 0 spiro atoms. The quantitative estimate of drug-likeness (QED) is 0.825. The summed E-state index contributed by atoms with van der Waals surface area (Å²) in [4.78, 5) is 11.6. The van der Waals surface area contributed by atoms with Gasteiger partial charge in [0.2, 0.25) is 0 Å². The van der Waals surface area contributed by atoms with Crippen molar-refractivity contribution < 1.29 is 31.1 Å². The van der Waals surface area contributed by atoms with Crippen LogP contribution in [0.25, 0.3) is 0 Å². The predicted molar refractivity (Wildman–Crippen MR) is 88.6 cm³/mol. The van der Waals surface area contributed by atoms with Gasteiger partial charge in [-0.2, -0.15) is 13.2 Å². The van der Waals surface area contributed by atoms with Gasteiger partial charge in [-0.25, -0.2) is 8.42 Å². The maximum atomic E-state index is 12.6. The topological polar surface area (TPSA) is 84.5 Å². The highest BCUT2D eigenvalue weighted by molar-refractivity contribution is 7.92. The zero-order chi connectivity index (χ0) is 19.5. The van der Waals surface area contributed by atoms with Crippen molar-refractivity contribution in [3.8, 4) is 5.75 Å². The van der Waals surface area contributed by atoms with Crippen molar-refractivity contribution in [1.29, 1.82) is 0 Å². The van der Waals surface area contributed by atoms with E-state index >= 15 is 0 Å². The highest BCUT2D eigenvalue weighted by Crippen LogP contribution is 2.30. The molecule has 2 aromatic carbocycles. The molecule has 2 rings (SSSR count). The van der Waals surface area contributed by atoms with Gasteiger partial charge in [0.05, 0.1) is 23.1 Å². The van der Waals surface area contributed by atoms with Crippen molar-refractivity contribution in [2.75, 3.05) is 18.9 Å². The summed E-state index contributed by atoms with van der Waals surface area (Å²) in [5.41, 5.74) is -0.938. The summed E-state index contributed by atoms with van der Waals surface area (Å²) >= 11 is 0. The van der Waals surface area contributed by atoms with Crippen molar-refractivity contribution in [3.05, 3.63) is 53.6 Å². The Labute approximate surface area is 148 Å². The lowest BCUT2D eigenvalue weighted by Crippen LogP contribution is -2.20. The Morgan fingerprint density at radius 2 is 1.69 bits per heavy atom. The molecule has 0 heterocycles. The monoisotopic (exact) mass is 388 g/mol. The van der Waals surface area contributed by atoms with E-state index in [-0.39, 0.29) is 21.9 Å². The maximum absolute atomic E-state index is 12.6. The smallest absolute Gasteiger partial charge is 0.416 e. The largest absolute Gasteiger partial charge is 0.496 e. The second kappa shape index (κ2) is 7.24. The Kier molecular flexibility index (Phi) is 5.45. The van der Waals surface area contributed by atoms with Crippen LogP contribution in [0.2, 0.25) is 0 Å². The van der Waals surface area contributed by atoms with Gasteiger partial charge in [-0.05, 0) is 42.5 Å². The van der Waals surface area contributed by atoms with Crippen LogP contribution >= 0.6 is 0 Å². The van der Waals surface area contributed by atoms with Crippen LogP contribution in [0.3, 0.4) is 0 Å². The van der Waals surface area contributed by atoms with Crippen molar-refractivity contribution >= 4 is 21.6 Å². The minimum absolute atomic E-state index is 0.00490. The van der Waals surface area contributed by atoms with Crippen molar-refractivity contribution in [2.45, 2.75) is 11.1 Å². The first-order valence-electron chi connectivity index (χ1n) is 7.18.